The molecule has 0 amide bonds. The molecule has 0 aliphatic rings. The molecule has 1 N–H and O–H groups in total. The van der Waals surface area contributed by atoms with Gasteiger partial charge in [-0.05, 0) is 56.5 Å². The minimum atomic E-state index is -0.491. The van der Waals surface area contributed by atoms with Gasteiger partial charge in [-0.25, -0.2) is 4.39 Å². The number of ether oxygens (including phenoxy) is 2. The highest BCUT2D eigenvalue weighted by atomic mass is 19.1. The summed E-state index contributed by atoms with van der Waals surface area (Å²) in [7, 11) is 0. The second-order valence-electron chi connectivity index (χ2n) is 6.36. The normalized spacial score (nSPS) is 10.4. The lowest BCUT2D eigenvalue weighted by molar-refractivity contribution is -0.143. The van der Waals surface area contributed by atoms with E-state index in [9.17, 15) is 14.3 Å². The molecule has 0 fully saturated rings. The Hall–Kier alpha value is -2.82. The van der Waals surface area contributed by atoms with Crippen LogP contribution in [0.25, 0.3) is 17.2 Å². The summed E-state index contributed by atoms with van der Waals surface area (Å²) in [5, 5.41) is 10.2. The van der Waals surface area contributed by atoms with Gasteiger partial charge in [0.2, 0.25) is 0 Å². The number of carbonyl (C=O) groups is 1. The highest BCUT2D eigenvalue weighted by Crippen LogP contribution is 2.34. The molecular weight excluding hydrogens is 347 g/mol. The Bertz CT molecular complexity index is 823. The lowest BCUT2D eigenvalue weighted by Crippen LogP contribution is -2.07. The molecular formula is C22H25FO4. The Labute approximate surface area is 159 Å². The van der Waals surface area contributed by atoms with E-state index in [4.69, 9.17) is 9.47 Å². The topological polar surface area (TPSA) is 55.8 Å². The van der Waals surface area contributed by atoms with Crippen molar-refractivity contribution < 1.29 is 23.8 Å². The molecule has 0 aromatic heterocycles. The summed E-state index contributed by atoms with van der Waals surface area (Å²) in [4.78, 5) is 11.3. The first-order chi connectivity index (χ1) is 12.9. The number of rotatable bonds is 8. The van der Waals surface area contributed by atoms with E-state index in [0.717, 1.165) is 11.1 Å². The summed E-state index contributed by atoms with van der Waals surface area (Å²) in [5.41, 5.74) is 3.07. The largest absolute Gasteiger partial charge is 0.507 e. The van der Waals surface area contributed by atoms with Gasteiger partial charge in [-0.15, -0.1) is 0 Å². The van der Waals surface area contributed by atoms with Crippen molar-refractivity contribution >= 4 is 12.0 Å². The van der Waals surface area contributed by atoms with Crippen LogP contribution in [0.15, 0.2) is 42.0 Å². The number of hydrogen-bond donors (Lipinski definition) is 1. The third-order valence-electron chi connectivity index (χ3n) is 3.85. The zero-order valence-corrected chi connectivity index (χ0v) is 15.9. The molecule has 0 aliphatic carbocycles. The van der Waals surface area contributed by atoms with Crippen LogP contribution in [0.4, 0.5) is 4.39 Å². The van der Waals surface area contributed by atoms with Crippen LogP contribution in [0.1, 0.15) is 39.2 Å². The van der Waals surface area contributed by atoms with E-state index in [1.807, 2.05) is 26.0 Å². The summed E-state index contributed by atoms with van der Waals surface area (Å²) in [5.74, 6) is -0.498. The molecule has 2 aromatic rings. The van der Waals surface area contributed by atoms with Crippen molar-refractivity contribution in [3.05, 3.63) is 53.4 Å². The standard InChI is InChI=1S/C22H25FO4/c1-4-26-22(25)9-6-12-27-21-11-10-16(14-19(21)23)17-7-5-8-20(24)18(17)13-15(2)3/h5,7-8,10-11,13-14,24H,4,6,9,12H2,1-3H3. The highest BCUT2D eigenvalue weighted by Gasteiger charge is 2.11. The van der Waals surface area contributed by atoms with Gasteiger partial charge in [0.1, 0.15) is 5.75 Å². The average molecular weight is 372 g/mol. The molecule has 5 heteroatoms. The van der Waals surface area contributed by atoms with Crippen molar-refractivity contribution in [1.29, 1.82) is 0 Å². The second-order valence-corrected chi connectivity index (χ2v) is 6.36. The lowest BCUT2D eigenvalue weighted by Gasteiger charge is -2.12. The molecule has 0 bridgehead atoms. The Kier molecular flexibility index (Phi) is 7.41. The summed E-state index contributed by atoms with van der Waals surface area (Å²) in [6.45, 7) is 6.19. The molecule has 0 spiro atoms. The average Bonchev–Trinajstić information content (AvgIpc) is 2.61. The molecule has 0 saturated heterocycles. The van der Waals surface area contributed by atoms with Crippen molar-refractivity contribution in [2.24, 2.45) is 0 Å². The van der Waals surface area contributed by atoms with Crippen molar-refractivity contribution in [2.75, 3.05) is 13.2 Å². The molecule has 4 nitrogen and oxygen atoms in total. The monoisotopic (exact) mass is 372 g/mol. The highest BCUT2D eigenvalue weighted by molar-refractivity contribution is 5.79. The minimum absolute atomic E-state index is 0.131. The van der Waals surface area contributed by atoms with E-state index >= 15 is 0 Å². The summed E-state index contributed by atoms with van der Waals surface area (Å²) >= 11 is 0. The Morgan fingerprint density at radius 3 is 2.67 bits per heavy atom. The van der Waals surface area contributed by atoms with Crippen molar-refractivity contribution in [3.8, 4) is 22.6 Å². The predicted molar refractivity (Wildman–Crippen MR) is 104 cm³/mol. The minimum Gasteiger partial charge on any atom is -0.507 e. The molecule has 2 rings (SSSR count). The smallest absolute Gasteiger partial charge is 0.305 e. The molecule has 0 aliphatic heterocycles. The summed E-state index contributed by atoms with van der Waals surface area (Å²) < 4.78 is 24.7. The van der Waals surface area contributed by atoms with Crippen molar-refractivity contribution in [3.63, 3.8) is 0 Å². The van der Waals surface area contributed by atoms with Crippen LogP contribution in [0.3, 0.4) is 0 Å². The number of phenols is 1. The van der Waals surface area contributed by atoms with Crippen LogP contribution in [0.5, 0.6) is 11.5 Å². The molecule has 0 unspecified atom stereocenters. The maximum absolute atomic E-state index is 14.4. The number of benzene rings is 2. The van der Waals surface area contributed by atoms with E-state index < -0.39 is 5.82 Å². The van der Waals surface area contributed by atoms with Crippen LogP contribution in [0, 0.1) is 5.82 Å². The number of hydrogen-bond acceptors (Lipinski definition) is 4. The number of esters is 1. The number of halogens is 1. The van der Waals surface area contributed by atoms with Gasteiger partial charge in [-0.3, -0.25) is 4.79 Å². The Balaban J connectivity index is 2.12. The van der Waals surface area contributed by atoms with E-state index in [0.29, 0.717) is 24.2 Å². The van der Waals surface area contributed by atoms with Gasteiger partial charge in [0, 0.05) is 12.0 Å². The third kappa shape index (κ3) is 5.84. The van der Waals surface area contributed by atoms with E-state index in [1.165, 1.54) is 6.07 Å². The number of aromatic hydroxyl groups is 1. The quantitative estimate of drug-likeness (QED) is 0.502. The molecule has 2 aromatic carbocycles. The fourth-order valence-corrected chi connectivity index (χ4v) is 2.66. The van der Waals surface area contributed by atoms with Gasteiger partial charge in [0.15, 0.2) is 11.6 Å². The fourth-order valence-electron chi connectivity index (χ4n) is 2.66. The zero-order chi connectivity index (χ0) is 19.8. The molecule has 0 atom stereocenters. The van der Waals surface area contributed by atoms with Crippen LogP contribution in [-0.4, -0.2) is 24.3 Å². The zero-order valence-electron chi connectivity index (χ0n) is 15.9. The van der Waals surface area contributed by atoms with E-state index in [-0.39, 0.29) is 30.5 Å². The van der Waals surface area contributed by atoms with Gasteiger partial charge in [0.25, 0.3) is 0 Å². The van der Waals surface area contributed by atoms with Gasteiger partial charge in [-0.2, -0.15) is 0 Å². The van der Waals surface area contributed by atoms with Crippen molar-refractivity contribution in [1.82, 2.24) is 0 Å². The van der Waals surface area contributed by atoms with Crippen LogP contribution in [-0.2, 0) is 9.53 Å². The first-order valence-electron chi connectivity index (χ1n) is 8.97. The first-order valence-corrected chi connectivity index (χ1v) is 8.97. The summed E-state index contributed by atoms with van der Waals surface area (Å²) in [6.07, 6.45) is 2.56. The molecule has 27 heavy (non-hydrogen) atoms. The SMILES string of the molecule is CCOC(=O)CCCOc1ccc(-c2cccc(O)c2C=C(C)C)cc1F. The molecule has 0 heterocycles. The number of carbonyl (C=O) groups excluding carboxylic acids is 1. The second kappa shape index (κ2) is 9.76. The van der Waals surface area contributed by atoms with Crippen molar-refractivity contribution in [2.45, 2.75) is 33.6 Å². The van der Waals surface area contributed by atoms with Crippen LogP contribution in [0.2, 0.25) is 0 Å². The van der Waals surface area contributed by atoms with Gasteiger partial charge in [0.05, 0.1) is 13.2 Å². The van der Waals surface area contributed by atoms with Gasteiger partial charge in [-0.1, -0.05) is 29.8 Å². The Morgan fingerprint density at radius 1 is 1.22 bits per heavy atom. The van der Waals surface area contributed by atoms with E-state index in [2.05, 4.69) is 0 Å². The molecule has 0 saturated carbocycles. The van der Waals surface area contributed by atoms with Gasteiger partial charge >= 0.3 is 5.97 Å². The summed E-state index contributed by atoms with van der Waals surface area (Å²) in [6, 6.07) is 9.87. The lowest BCUT2D eigenvalue weighted by atomic mass is 9.97. The first kappa shape index (κ1) is 20.5. The maximum Gasteiger partial charge on any atom is 0.305 e. The number of allylic oxidation sites excluding steroid dienone is 1. The van der Waals surface area contributed by atoms with Crippen LogP contribution < -0.4 is 4.74 Å². The number of phenolic OH excluding ortho intramolecular Hbond substituents is 1. The predicted octanol–water partition coefficient (Wildman–Crippen LogP) is 5.34. The Morgan fingerprint density at radius 2 is 2.00 bits per heavy atom. The molecule has 0 radical (unpaired) electrons. The van der Waals surface area contributed by atoms with E-state index in [1.54, 1.807) is 31.2 Å². The van der Waals surface area contributed by atoms with Crippen LogP contribution >= 0.6 is 0 Å². The van der Waals surface area contributed by atoms with Gasteiger partial charge < -0.3 is 14.6 Å². The third-order valence-corrected chi connectivity index (χ3v) is 3.85. The maximum atomic E-state index is 14.4. The fraction of sp³-hybridized carbons (Fsp3) is 0.318. The molecule has 144 valence electrons.